The van der Waals surface area contributed by atoms with Crippen LogP contribution in [0.25, 0.3) is 0 Å². The third-order valence-electron chi connectivity index (χ3n) is 2.60. The molecular formula is C12H20ClN3. The van der Waals surface area contributed by atoms with Gasteiger partial charge in [0.2, 0.25) is 0 Å². The van der Waals surface area contributed by atoms with Gasteiger partial charge in [-0.25, -0.2) is 4.98 Å². The maximum absolute atomic E-state index is 5.79. The zero-order chi connectivity index (χ0) is 11.8. The number of hydrogen-bond donors (Lipinski definition) is 1. The van der Waals surface area contributed by atoms with Crippen molar-refractivity contribution in [3.05, 3.63) is 23.5 Å². The van der Waals surface area contributed by atoms with Crippen LogP contribution in [0.1, 0.15) is 20.3 Å². The summed E-state index contributed by atoms with van der Waals surface area (Å²) in [4.78, 5) is 6.36. The second-order valence-electron chi connectivity index (χ2n) is 3.67. The molecule has 0 spiro atoms. The Labute approximate surface area is 103 Å². The molecule has 0 aliphatic carbocycles. The van der Waals surface area contributed by atoms with E-state index in [1.54, 1.807) is 6.20 Å². The van der Waals surface area contributed by atoms with Crippen LogP contribution in [0.5, 0.6) is 0 Å². The molecule has 1 rings (SSSR count). The Bertz CT molecular complexity index is 300. The minimum absolute atomic E-state index is 0.536. The Balaban J connectivity index is 2.20. The Hall–Kier alpha value is -0.800. The fourth-order valence-corrected chi connectivity index (χ4v) is 1.76. The quantitative estimate of drug-likeness (QED) is 0.588. The Kier molecular flexibility index (Phi) is 6.19. The molecule has 0 radical (unpaired) electrons. The number of nitrogens with one attached hydrogen (secondary N) is 1. The molecule has 0 aliphatic rings. The third-order valence-corrected chi connectivity index (χ3v) is 2.81. The van der Waals surface area contributed by atoms with Crippen molar-refractivity contribution < 1.29 is 0 Å². The number of pyridine rings is 1. The summed E-state index contributed by atoms with van der Waals surface area (Å²) in [5.74, 6) is 0. The molecule has 1 heterocycles. The molecule has 1 aromatic heterocycles. The molecule has 0 saturated carbocycles. The Morgan fingerprint density at radius 1 is 1.38 bits per heavy atom. The van der Waals surface area contributed by atoms with Crippen molar-refractivity contribution in [1.29, 1.82) is 0 Å². The standard InChI is InChI=1S/C12H20ClN3/c1-3-16(4-2)9-5-7-14-11-6-8-15-12(13)10-11/h6,8,10H,3-5,7,9H2,1-2H3,(H,14,15). The fourth-order valence-electron chi connectivity index (χ4n) is 1.59. The van der Waals surface area contributed by atoms with Gasteiger partial charge in [-0.1, -0.05) is 25.4 Å². The largest absolute Gasteiger partial charge is 0.385 e. The summed E-state index contributed by atoms with van der Waals surface area (Å²) >= 11 is 5.79. The number of halogens is 1. The zero-order valence-corrected chi connectivity index (χ0v) is 10.8. The first-order valence-corrected chi connectivity index (χ1v) is 6.21. The summed E-state index contributed by atoms with van der Waals surface area (Å²) in [6.07, 6.45) is 2.86. The molecule has 0 bridgehead atoms. The van der Waals surface area contributed by atoms with Crippen LogP contribution in [0.3, 0.4) is 0 Å². The second-order valence-corrected chi connectivity index (χ2v) is 4.06. The first kappa shape index (κ1) is 13.3. The van der Waals surface area contributed by atoms with Gasteiger partial charge in [-0.2, -0.15) is 0 Å². The van der Waals surface area contributed by atoms with Crippen LogP contribution in [-0.4, -0.2) is 36.1 Å². The molecule has 0 atom stereocenters. The van der Waals surface area contributed by atoms with Crippen LogP contribution in [0.2, 0.25) is 5.15 Å². The van der Waals surface area contributed by atoms with Gasteiger partial charge >= 0.3 is 0 Å². The lowest BCUT2D eigenvalue weighted by atomic mass is 10.3. The first-order chi connectivity index (χ1) is 7.76. The lowest BCUT2D eigenvalue weighted by molar-refractivity contribution is 0.303. The highest BCUT2D eigenvalue weighted by atomic mass is 35.5. The Morgan fingerprint density at radius 3 is 2.75 bits per heavy atom. The van der Waals surface area contributed by atoms with E-state index in [1.165, 1.54) is 0 Å². The molecule has 4 heteroatoms. The predicted octanol–water partition coefficient (Wildman–Crippen LogP) is 2.88. The van der Waals surface area contributed by atoms with E-state index in [-0.39, 0.29) is 0 Å². The van der Waals surface area contributed by atoms with E-state index >= 15 is 0 Å². The van der Waals surface area contributed by atoms with Gasteiger partial charge in [-0.05, 0) is 38.2 Å². The average molecular weight is 242 g/mol. The van der Waals surface area contributed by atoms with E-state index in [0.29, 0.717) is 5.15 Å². The lowest BCUT2D eigenvalue weighted by Gasteiger charge is -2.17. The number of hydrogen-bond acceptors (Lipinski definition) is 3. The summed E-state index contributed by atoms with van der Waals surface area (Å²) < 4.78 is 0. The lowest BCUT2D eigenvalue weighted by Crippen LogP contribution is -2.25. The van der Waals surface area contributed by atoms with Crippen molar-refractivity contribution in [2.45, 2.75) is 20.3 Å². The number of anilines is 1. The maximum atomic E-state index is 5.79. The summed E-state index contributed by atoms with van der Waals surface area (Å²) in [6, 6.07) is 3.78. The van der Waals surface area contributed by atoms with E-state index in [1.807, 2.05) is 12.1 Å². The fraction of sp³-hybridized carbons (Fsp3) is 0.583. The molecule has 1 N–H and O–H groups in total. The summed E-state index contributed by atoms with van der Waals surface area (Å²) in [7, 11) is 0. The van der Waals surface area contributed by atoms with Crippen molar-refractivity contribution in [2.24, 2.45) is 0 Å². The van der Waals surface area contributed by atoms with Gasteiger partial charge < -0.3 is 10.2 Å². The summed E-state index contributed by atoms with van der Waals surface area (Å²) in [6.45, 7) is 8.74. The highest BCUT2D eigenvalue weighted by Gasteiger charge is 1.98. The first-order valence-electron chi connectivity index (χ1n) is 5.84. The minimum Gasteiger partial charge on any atom is -0.385 e. The van der Waals surface area contributed by atoms with E-state index in [2.05, 4.69) is 29.0 Å². The van der Waals surface area contributed by atoms with Crippen LogP contribution < -0.4 is 5.32 Å². The highest BCUT2D eigenvalue weighted by Crippen LogP contribution is 2.11. The molecular weight excluding hydrogens is 222 g/mol. The molecule has 90 valence electrons. The summed E-state index contributed by atoms with van der Waals surface area (Å²) in [5.41, 5.74) is 1.04. The monoisotopic (exact) mass is 241 g/mol. The van der Waals surface area contributed by atoms with Crippen LogP contribution >= 0.6 is 11.6 Å². The highest BCUT2D eigenvalue weighted by molar-refractivity contribution is 6.29. The number of nitrogens with zero attached hydrogens (tertiary/aromatic N) is 2. The molecule has 0 amide bonds. The van der Waals surface area contributed by atoms with Crippen LogP contribution in [0.4, 0.5) is 5.69 Å². The van der Waals surface area contributed by atoms with Gasteiger partial charge in [0.05, 0.1) is 0 Å². The SMILES string of the molecule is CCN(CC)CCCNc1ccnc(Cl)c1. The molecule has 0 unspecified atom stereocenters. The molecule has 0 aliphatic heterocycles. The van der Waals surface area contributed by atoms with Gasteiger partial charge in [0.25, 0.3) is 0 Å². The van der Waals surface area contributed by atoms with E-state index in [0.717, 1.165) is 38.3 Å². The average Bonchev–Trinajstić information content (AvgIpc) is 2.29. The van der Waals surface area contributed by atoms with Crippen molar-refractivity contribution in [3.8, 4) is 0 Å². The van der Waals surface area contributed by atoms with Crippen LogP contribution in [-0.2, 0) is 0 Å². The van der Waals surface area contributed by atoms with Gasteiger partial charge in [-0.3, -0.25) is 0 Å². The molecule has 0 fully saturated rings. The van der Waals surface area contributed by atoms with Crippen molar-refractivity contribution in [1.82, 2.24) is 9.88 Å². The molecule has 1 aromatic rings. The number of aromatic nitrogens is 1. The molecule has 16 heavy (non-hydrogen) atoms. The van der Waals surface area contributed by atoms with Crippen LogP contribution in [0.15, 0.2) is 18.3 Å². The van der Waals surface area contributed by atoms with Gasteiger partial charge in [-0.15, -0.1) is 0 Å². The normalized spacial score (nSPS) is 10.8. The second kappa shape index (κ2) is 7.47. The molecule has 0 saturated heterocycles. The van der Waals surface area contributed by atoms with Crippen molar-refractivity contribution in [3.63, 3.8) is 0 Å². The van der Waals surface area contributed by atoms with E-state index in [4.69, 9.17) is 11.6 Å². The zero-order valence-electron chi connectivity index (χ0n) is 10.0. The number of rotatable bonds is 7. The maximum Gasteiger partial charge on any atom is 0.131 e. The Morgan fingerprint density at radius 2 is 2.12 bits per heavy atom. The molecule has 3 nitrogen and oxygen atoms in total. The topological polar surface area (TPSA) is 28.2 Å². The smallest absolute Gasteiger partial charge is 0.131 e. The van der Waals surface area contributed by atoms with Crippen LogP contribution in [0, 0.1) is 0 Å². The van der Waals surface area contributed by atoms with E-state index < -0.39 is 0 Å². The third kappa shape index (κ3) is 4.81. The summed E-state index contributed by atoms with van der Waals surface area (Å²) in [5, 5.41) is 3.87. The van der Waals surface area contributed by atoms with Crippen molar-refractivity contribution >= 4 is 17.3 Å². The molecule has 0 aromatic carbocycles. The van der Waals surface area contributed by atoms with Gasteiger partial charge in [0.1, 0.15) is 5.15 Å². The van der Waals surface area contributed by atoms with E-state index in [9.17, 15) is 0 Å². The minimum atomic E-state index is 0.536. The predicted molar refractivity (Wildman–Crippen MR) is 70.1 cm³/mol. The van der Waals surface area contributed by atoms with Gasteiger partial charge in [0, 0.05) is 18.4 Å². The van der Waals surface area contributed by atoms with Crippen molar-refractivity contribution in [2.75, 3.05) is 31.5 Å². The van der Waals surface area contributed by atoms with Gasteiger partial charge in [0.15, 0.2) is 0 Å².